The summed E-state index contributed by atoms with van der Waals surface area (Å²) in [5.41, 5.74) is 0. The van der Waals surface area contributed by atoms with Gasteiger partial charge in [0, 0.05) is 0 Å². The molecule has 0 aliphatic carbocycles. The van der Waals surface area contributed by atoms with Crippen molar-refractivity contribution in [3.05, 3.63) is 61.2 Å². The highest BCUT2D eigenvalue weighted by atomic mass is 14.0. The Kier molecular flexibility index (Phi) is 14.8. The average molecular weight is 273 g/mol. The van der Waals surface area contributed by atoms with E-state index in [1.165, 1.54) is 64.3 Å². The largest absolute Gasteiger partial charge is 0.0991 e. The van der Waals surface area contributed by atoms with Gasteiger partial charge in [0.15, 0.2) is 0 Å². The lowest BCUT2D eigenvalue weighted by molar-refractivity contribution is 0.577. The number of hydrogen-bond acceptors (Lipinski definition) is 0. The molecule has 0 aromatic carbocycles. The second-order valence-corrected chi connectivity index (χ2v) is 5.04. The molecular weight excluding hydrogens is 240 g/mol. The van der Waals surface area contributed by atoms with Gasteiger partial charge in [0.05, 0.1) is 1.37 Å². The Morgan fingerprint density at radius 1 is 0.700 bits per heavy atom. The molecule has 0 spiro atoms. The maximum atomic E-state index is 6.81. The smallest absolute Gasteiger partial charge is 0.0538 e. The standard InChI is InChI=1S/C20H32/c1-3-5-7-9-11-13-15-17-19-20-18-16-14-12-10-8-6-4-2/h3,5,7,9,11,13,15,17,19H,1,4,6,8,10,12,14,16,18,20H2,2H3/i1D. The summed E-state index contributed by atoms with van der Waals surface area (Å²) in [6.07, 6.45) is 30.1. The Hall–Kier alpha value is -1.30. The molecule has 0 heteroatoms. The van der Waals surface area contributed by atoms with Gasteiger partial charge in [-0.2, -0.15) is 0 Å². The van der Waals surface area contributed by atoms with Gasteiger partial charge in [-0.25, -0.2) is 0 Å². The third kappa shape index (κ3) is 16.7. The normalized spacial score (nSPS) is 13.8. The molecule has 0 aromatic rings. The van der Waals surface area contributed by atoms with Crippen LogP contribution >= 0.6 is 0 Å². The van der Waals surface area contributed by atoms with Crippen LogP contribution in [0.5, 0.6) is 0 Å². The van der Waals surface area contributed by atoms with E-state index in [9.17, 15) is 0 Å². The average Bonchev–Trinajstić information content (AvgIpc) is 2.50. The van der Waals surface area contributed by atoms with E-state index >= 15 is 0 Å². The SMILES string of the molecule is [2H]C=CC=CC=CC=CC=CCCCCCCCCCC. The first-order valence-electron chi connectivity index (χ1n) is 8.69. The molecule has 0 aromatic heterocycles. The van der Waals surface area contributed by atoms with Crippen LogP contribution in [0.3, 0.4) is 0 Å². The molecule has 20 heavy (non-hydrogen) atoms. The predicted molar refractivity (Wildman–Crippen MR) is 94.0 cm³/mol. The molecule has 0 heterocycles. The fourth-order valence-corrected chi connectivity index (χ4v) is 1.96. The van der Waals surface area contributed by atoms with Crippen molar-refractivity contribution < 1.29 is 1.37 Å². The monoisotopic (exact) mass is 273 g/mol. The number of hydrogen-bond donors (Lipinski definition) is 0. The Morgan fingerprint density at radius 2 is 1.25 bits per heavy atom. The highest BCUT2D eigenvalue weighted by Crippen LogP contribution is 2.09. The van der Waals surface area contributed by atoms with Gasteiger partial charge in [-0.1, -0.05) is 113 Å². The van der Waals surface area contributed by atoms with E-state index in [1.807, 2.05) is 30.4 Å². The van der Waals surface area contributed by atoms with Crippen molar-refractivity contribution in [1.82, 2.24) is 0 Å². The van der Waals surface area contributed by atoms with E-state index in [4.69, 9.17) is 1.37 Å². The molecule has 0 aliphatic heterocycles. The van der Waals surface area contributed by atoms with Gasteiger partial charge in [-0.05, 0) is 12.8 Å². The van der Waals surface area contributed by atoms with E-state index in [1.54, 1.807) is 6.08 Å². The third-order valence-electron chi connectivity index (χ3n) is 3.14. The molecule has 0 rings (SSSR count). The molecule has 0 fully saturated rings. The molecule has 0 radical (unpaired) electrons. The van der Waals surface area contributed by atoms with E-state index in [-0.39, 0.29) is 0 Å². The maximum Gasteiger partial charge on any atom is 0.0538 e. The lowest BCUT2D eigenvalue weighted by atomic mass is 10.1. The van der Waals surface area contributed by atoms with Crippen molar-refractivity contribution in [3.8, 4) is 0 Å². The lowest BCUT2D eigenvalue weighted by Crippen LogP contribution is -1.79. The van der Waals surface area contributed by atoms with Crippen molar-refractivity contribution in [2.45, 2.75) is 64.7 Å². The van der Waals surface area contributed by atoms with Crippen LogP contribution in [0, 0.1) is 0 Å². The van der Waals surface area contributed by atoms with E-state index in [0.717, 1.165) is 0 Å². The lowest BCUT2D eigenvalue weighted by Gasteiger charge is -1.99. The Labute approximate surface area is 128 Å². The minimum atomic E-state index is 1.19. The molecule has 0 atom stereocenters. The Balaban J connectivity index is 3.36. The van der Waals surface area contributed by atoms with Crippen LogP contribution in [0.4, 0.5) is 0 Å². The van der Waals surface area contributed by atoms with E-state index < -0.39 is 0 Å². The van der Waals surface area contributed by atoms with Crippen LogP contribution in [0.25, 0.3) is 0 Å². The Bertz CT molecular complexity index is 332. The molecule has 0 nitrogen and oxygen atoms in total. The summed E-state index contributed by atoms with van der Waals surface area (Å²) in [7, 11) is 0. The van der Waals surface area contributed by atoms with Crippen LogP contribution in [-0.4, -0.2) is 0 Å². The van der Waals surface area contributed by atoms with Crippen molar-refractivity contribution in [1.29, 1.82) is 0 Å². The summed E-state index contributed by atoms with van der Waals surface area (Å²) in [5.74, 6) is 0. The fraction of sp³-hybridized carbons (Fsp3) is 0.500. The quantitative estimate of drug-likeness (QED) is 0.252. The van der Waals surface area contributed by atoms with Gasteiger partial charge in [0.1, 0.15) is 0 Å². The fourth-order valence-electron chi connectivity index (χ4n) is 1.96. The second-order valence-electron chi connectivity index (χ2n) is 5.04. The highest BCUT2D eigenvalue weighted by molar-refractivity contribution is 5.17. The number of allylic oxidation sites excluding steroid dienone is 9. The third-order valence-corrected chi connectivity index (χ3v) is 3.14. The minimum absolute atomic E-state index is 1.19. The maximum absolute atomic E-state index is 6.81. The van der Waals surface area contributed by atoms with Gasteiger partial charge in [0.25, 0.3) is 0 Å². The first-order valence-corrected chi connectivity index (χ1v) is 8.12. The molecule has 0 N–H and O–H groups in total. The van der Waals surface area contributed by atoms with Gasteiger partial charge in [-0.15, -0.1) is 0 Å². The Morgan fingerprint density at radius 3 is 1.90 bits per heavy atom. The molecule has 112 valence electrons. The van der Waals surface area contributed by atoms with Crippen LogP contribution in [0.15, 0.2) is 61.2 Å². The van der Waals surface area contributed by atoms with Crippen molar-refractivity contribution in [3.63, 3.8) is 0 Å². The predicted octanol–water partition coefficient (Wildman–Crippen LogP) is 6.93. The van der Waals surface area contributed by atoms with Crippen molar-refractivity contribution in [2.75, 3.05) is 0 Å². The zero-order valence-corrected chi connectivity index (χ0v) is 13.1. The summed E-state index contributed by atoms with van der Waals surface area (Å²) < 4.78 is 6.81. The summed E-state index contributed by atoms with van der Waals surface area (Å²) in [6, 6.07) is 0. The van der Waals surface area contributed by atoms with Gasteiger partial charge >= 0.3 is 0 Å². The molecule has 0 saturated heterocycles. The number of rotatable bonds is 13. The van der Waals surface area contributed by atoms with Crippen LogP contribution < -0.4 is 0 Å². The molecule has 0 saturated carbocycles. The topological polar surface area (TPSA) is 0 Å². The summed E-state index contributed by atoms with van der Waals surface area (Å²) in [4.78, 5) is 0. The van der Waals surface area contributed by atoms with Gasteiger partial charge in [-0.3, -0.25) is 0 Å². The first-order chi connectivity index (χ1) is 10.4. The zero-order chi connectivity index (χ0) is 15.4. The summed E-state index contributed by atoms with van der Waals surface area (Å²) in [6.45, 7) is 3.54. The molecule has 0 unspecified atom stereocenters. The molecule has 0 bridgehead atoms. The second kappa shape index (κ2) is 17.7. The molecule has 0 aliphatic rings. The van der Waals surface area contributed by atoms with Crippen LogP contribution in [0.2, 0.25) is 0 Å². The molecule has 0 amide bonds. The number of unbranched alkanes of at least 4 members (excludes halogenated alkanes) is 8. The van der Waals surface area contributed by atoms with Crippen molar-refractivity contribution in [2.24, 2.45) is 0 Å². The van der Waals surface area contributed by atoms with Crippen LogP contribution in [0.1, 0.15) is 66.1 Å². The zero-order valence-electron chi connectivity index (χ0n) is 14.1. The summed E-state index contributed by atoms with van der Waals surface area (Å²) >= 11 is 0. The molecular formula is C20H32. The minimum Gasteiger partial charge on any atom is -0.0991 e. The van der Waals surface area contributed by atoms with Gasteiger partial charge < -0.3 is 0 Å². The first kappa shape index (κ1) is 16.8. The van der Waals surface area contributed by atoms with Gasteiger partial charge in [0.2, 0.25) is 0 Å². The summed E-state index contributed by atoms with van der Waals surface area (Å²) in [5, 5.41) is 0. The van der Waals surface area contributed by atoms with Crippen molar-refractivity contribution >= 4 is 0 Å². The van der Waals surface area contributed by atoms with E-state index in [2.05, 4.69) is 25.2 Å². The highest BCUT2D eigenvalue weighted by Gasteiger charge is 1.89. The van der Waals surface area contributed by atoms with E-state index in [0.29, 0.717) is 0 Å². The van der Waals surface area contributed by atoms with Crippen LogP contribution in [-0.2, 0) is 0 Å².